The fourth-order valence-electron chi connectivity index (χ4n) is 3.82. The summed E-state index contributed by atoms with van der Waals surface area (Å²) >= 11 is 0. The molecule has 24 heavy (non-hydrogen) atoms. The summed E-state index contributed by atoms with van der Waals surface area (Å²) in [5, 5.41) is 0. The van der Waals surface area contributed by atoms with E-state index in [0.29, 0.717) is 6.04 Å². The lowest BCUT2D eigenvalue weighted by Gasteiger charge is -2.36. The van der Waals surface area contributed by atoms with E-state index in [2.05, 4.69) is 56.2 Å². The molecule has 0 amide bonds. The number of hydrogen-bond donors (Lipinski definition) is 0. The van der Waals surface area contributed by atoms with Crippen LogP contribution in [0.25, 0.3) is 0 Å². The summed E-state index contributed by atoms with van der Waals surface area (Å²) < 4.78 is 6.06. The molecule has 2 aromatic rings. The van der Waals surface area contributed by atoms with Gasteiger partial charge in [0.15, 0.2) is 0 Å². The largest absolute Gasteiger partial charge is 0.373 e. The summed E-state index contributed by atoms with van der Waals surface area (Å²) in [7, 11) is 0. The molecule has 126 valence electrons. The van der Waals surface area contributed by atoms with Crippen molar-refractivity contribution in [3.8, 4) is 0 Å². The third-order valence-corrected chi connectivity index (χ3v) is 4.92. The molecule has 2 unspecified atom stereocenters. The fourth-order valence-corrected chi connectivity index (χ4v) is 3.82. The molecule has 0 N–H and O–H groups in total. The van der Waals surface area contributed by atoms with Gasteiger partial charge in [-0.15, -0.1) is 0 Å². The Labute approximate surface area is 143 Å². The molecule has 0 radical (unpaired) electrons. The maximum absolute atomic E-state index is 6.06. The molecular weight excluding hydrogens is 300 g/mol. The van der Waals surface area contributed by atoms with Crippen LogP contribution in [0, 0.1) is 13.8 Å². The summed E-state index contributed by atoms with van der Waals surface area (Å²) in [5.41, 5.74) is 2.39. The van der Waals surface area contributed by atoms with Crippen LogP contribution in [-0.2, 0) is 11.3 Å². The van der Waals surface area contributed by atoms with Gasteiger partial charge in [-0.2, -0.15) is 0 Å². The number of fused-ring (bicyclic) bond motifs is 1. The Hall–Kier alpha value is -1.98. The van der Waals surface area contributed by atoms with Crippen LogP contribution in [-0.4, -0.2) is 53.3 Å². The molecule has 2 aliphatic heterocycles. The molecule has 1 aromatic carbocycles. The number of aromatic nitrogens is 2. The van der Waals surface area contributed by atoms with Crippen molar-refractivity contribution in [2.75, 3.05) is 31.1 Å². The Bertz CT molecular complexity index is 686. The summed E-state index contributed by atoms with van der Waals surface area (Å²) in [6.45, 7) is 8.65. The summed E-state index contributed by atoms with van der Waals surface area (Å²) in [6.07, 6.45) is 0.262. The van der Waals surface area contributed by atoms with Gasteiger partial charge in [-0.1, -0.05) is 30.3 Å². The van der Waals surface area contributed by atoms with Crippen LogP contribution in [0.4, 0.5) is 5.82 Å². The van der Waals surface area contributed by atoms with Crippen molar-refractivity contribution in [3.05, 3.63) is 53.5 Å². The first-order valence-corrected chi connectivity index (χ1v) is 8.66. The van der Waals surface area contributed by atoms with Crippen LogP contribution in [0.5, 0.6) is 0 Å². The van der Waals surface area contributed by atoms with Crippen LogP contribution in [0.3, 0.4) is 0 Å². The standard InChI is InChI=1S/C19H24N4O/c1-14-10-19(21-15(2)20-14)23-12-17-18(13-23)24-9-8-22(17)11-16-6-4-3-5-7-16/h3-7,10,17-18H,8-9,11-13H2,1-2H3. The number of benzene rings is 1. The maximum atomic E-state index is 6.06. The van der Waals surface area contributed by atoms with Crippen LogP contribution in [0.1, 0.15) is 17.1 Å². The Balaban J connectivity index is 1.51. The van der Waals surface area contributed by atoms with Gasteiger partial charge in [-0.25, -0.2) is 9.97 Å². The van der Waals surface area contributed by atoms with Gasteiger partial charge in [0.2, 0.25) is 0 Å². The number of rotatable bonds is 3. The zero-order valence-electron chi connectivity index (χ0n) is 14.4. The quantitative estimate of drug-likeness (QED) is 0.866. The number of morpholine rings is 1. The topological polar surface area (TPSA) is 41.5 Å². The molecule has 0 aliphatic carbocycles. The van der Waals surface area contributed by atoms with E-state index in [1.807, 2.05) is 13.8 Å². The van der Waals surface area contributed by atoms with Crippen LogP contribution in [0.2, 0.25) is 0 Å². The average molecular weight is 324 g/mol. The monoisotopic (exact) mass is 324 g/mol. The fraction of sp³-hybridized carbons (Fsp3) is 0.474. The molecule has 3 heterocycles. The van der Waals surface area contributed by atoms with E-state index in [4.69, 9.17) is 4.74 Å². The zero-order chi connectivity index (χ0) is 16.5. The van der Waals surface area contributed by atoms with Gasteiger partial charge < -0.3 is 9.64 Å². The first kappa shape index (κ1) is 15.5. The Morgan fingerprint density at radius 1 is 1.12 bits per heavy atom. The van der Waals surface area contributed by atoms with Gasteiger partial charge >= 0.3 is 0 Å². The number of ether oxygens (including phenoxy) is 1. The second kappa shape index (κ2) is 6.49. The van der Waals surface area contributed by atoms with Crippen molar-refractivity contribution in [1.82, 2.24) is 14.9 Å². The van der Waals surface area contributed by atoms with E-state index in [1.165, 1.54) is 5.56 Å². The lowest BCUT2D eigenvalue weighted by molar-refractivity contribution is -0.0499. The molecular formula is C19H24N4O. The molecule has 0 spiro atoms. The van der Waals surface area contributed by atoms with Crippen LogP contribution >= 0.6 is 0 Å². The molecule has 4 rings (SSSR count). The van der Waals surface area contributed by atoms with Crippen LogP contribution in [0.15, 0.2) is 36.4 Å². The molecule has 5 nitrogen and oxygen atoms in total. The van der Waals surface area contributed by atoms with Crippen LogP contribution < -0.4 is 4.90 Å². The first-order valence-electron chi connectivity index (χ1n) is 8.66. The highest BCUT2D eigenvalue weighted by atomic mass is 16.5. The first-order chi connectivity index (χ1) is 11.7. The molecule has 5 heteroatoms. The normalized spacial score (nSPS) is 24.2. The summed E-state index contributed by atoms with van der Waals surface area (Å²) in [4.78, 5) is 13.9. The van der Waals surface area contributed by atoms with Gasteiger partial charge in [-0.05, 0) is 19.4 Å². The smallest absolute Gasteiger partial charge is 0.132 e. The number of nitrogens with zero attached hydrogens (tertiary/aromatic N) is 4. The van der Waals surface area contributed by atoms with E-state index < -0.39 is 0 Å². The van der Waals surface area contributed by atoms with Crippen molar-refractivity contribution in [3.63, 3.8) is 0 Å². The molecule has 2 atom stereocenters. The van der Waals surface area contributed by atoms with Crippen molar-refractivity contribution in [2.24, 2.45) is 0 Å². The molecule has 2 fully saturated rings. The summed E-state index contributed by atoms with van der Waals surface area (Å²) in [6, 6.07) is 13.2. The lowest BCUT2D eigenvalue weighted by atomic mass is 10.1. The van der Waals surface area contributed by atoms with E-state index in [1.54, 1.807) is 0 Å². The average Bonchev–Trinajstić information content (AvgIpc) is 3.00. The Morgan fingerprint density at radius 3 is 2.75 bits per heavy atom. The minimum atomic E-state index is 0.262. The minimum Gasteiger partial charge on any atom is -0.373 e. The van der Waals surface area contributed by atoms with Crippen molar-refractivity contribution < 1.29 is 4.74 Å². The van der Waals surface area contributed by atoms with Gasteiger partial charge in [0.05, 0.1) is 18.8 Å². The maximum Gasteiger partial charge on any atom is 0.132 e. The van der Waals surface area contributed by atoms with E-state index in [0.717, 1.165) is 50.1 Å². The number of aryl methyl sites for hydroxylation is 2. The lowest BCUT2D eigenvalue weighted by Crippen LogP contribution is -2.50. The van der Waals surface area contributed by atoms with Gasteiger partial charge in [-0.3, -0.25) is 4.90 Å². The van der Waals surface area contributed by atoms with E-state index in [9.17, 15) is 0 Å². The SMILES string of the molecule is Cc1cc(N2CC3OCCN(Cc4ccccc4)C3C2)nc(C)n1. The number of anilines is 1. The highest BCUT2D eigenvalue weighted by Gasteiger charge is 2.40. The van der Waals surface area contributed by atoms with Crippen molar-refractivity contribution in [1.29, 1.82) is 0 Å². The molecule has 2 saturated heterocycles. The summed E-state index contributed by atoms with van der Waals surface area (Å²) in [5.74, 6) is 1.86. The molecule has 0 bridgehead atoms. The van der Waals surface area contributed by atoms with E-state index >= 15 is 0 Å². The van der Waals surface area contributed by atoms with Gasteiger partial charge in [0, 0.05) is 37.9 Å². The highest BCUT2D eigenvalue weighted by Crippen LogP contribution is 2.27. The zero-order valence-corrected chi connectivity index (χ0v) is 14.4. The predicted octanol–water partition coefficient (Wildman–Crippen LogP) is 2.18. The van der Waals surface area contributed by atoms with Gasteiger partial charge in [0.25, 0.3) is 0 Å². The number of hydrogen-bond acceptors (Lipinski definition) is 5. The van der Waals surface area contributed by atoms with E-state index in [-0.39, 0.29) is 6.10 Å². The highest BCUT2D eigenvalue weighted by molar-refractivity contribution is 5.42. The molecule has 0 saturated carbocycles. The molecule has 1 aromatic heterocycles. The Morgan fingerprint density at radius 2 is 1.96 bits per heavy atom. The molecule has 2 aliphatic rings. The predicted molar refractivity (Wildman–Crippen MR) is 94.1 cm³/mol. The van der Waals surface area contributed by atoms with Crippen molar-refractivity contribution in [2.45, 2.75) is 32.5 Å². The van der Waals surface area contributed by atoms with Gasteiger partial charge in [0.1, 0.15) is 11.6 Å². The third-order valence-electron chi connectivity index (χ3n) is 4.92. The second-order valence-corrected chi connectivity index (χ2v) is 6.75. The minimum absolute atomic E-state index is 0.262. The Kier molecular flexibility index (Phi) is 4.21. The second-order valence-electron chi connectivity index (χ2n) is 6.75. The van der Waals surface area contributed by atoms with Crippen molar-refractivity contribution >= 4 is 5.82 Å². The third kappa shape index (κ3) is 3.14.